The SMILES string of the molecule is Cc1ccc(N)c(Oc2ccc(-c3ccc(F)cc3)nc2)n1. The van der Waals surface area contributed by atoms with Crippen LogP contribution in [0.2, 0.25) is 0 Å². The molecule has 5 heteroatoms. The molecule has 1 aromatic carbocycles. The lowest BCUT2D eigenvalue weighted by Gasteiger charge is -2.08. The van der Waals surface area contributed by atoms with E-state index in [2.05, 4.69) is 9.97 Å². The van der Waals surface area contributed by atoms with E-state index in [4.69, 9.17) is 10.5 Å². The van der Waals surface area contributed by atoms with Gasteiger partial charge in [0, 0.05) is 11.3 Å². The van der Waals surface area contributed by atoms with Gasteiger partial charge >= 0.3 is 0 Å². The number of nitrogens with two attached hydrogens (primary N) is 1. The first-order valence-electron chi connectivity index (χ1n) is 6.75. The van der Waals surface area contributed by atoms with E-state index < -0.39 is 0 Å². The molecule has 2 aromatic heterocycles. The second-order valence-corrected chi connectivity index (χ2v) is 4.84. The maximum Gasteiger partial charge on any atom is 0.242 e. The third-order valence-electron chi connectivity index (χ3n) is 3.12. The van der Waals surface area contributed by atoms with Gasteiger partial charge in [0.15, 0.2) is 0 Å². The zero-order chi connectivity index (χ0) is 15.5. The third kappa shape index (κ3) is 3.03. The highest BCUT2D eigenvalue weighted by atomic mass is 19.1. The van der Waals surface area contributed by atoms with E-state index in [-0.39, 0.29) is 5.82 Å². The van der Waals surface area contributed by atoms with Crippen LogP contribution in [0.25, 0.3) is 11.3 Å². The van der Waals surface area contributed by atoms with Gasteiger partial charge in [0.2, 0.25) is 5.88 Å². The molecule has 0 fully saturated rings. The Bertz CT molecular complexity index is 786. The highest BCUT2D eigenvalue weighted by molar-refractivity contribution is 5.59. The molecular formula is C17H14FN3O. The summed E-state index contributed by atoms with van der Waals surface area (Å²) < 4.78 is 18.6. The zero-order valence-corrected chi connectivity index (χ0v) is 12.0. The molecular weight excluding hydrogens is 281 g/mol. The van der Waals surface area contributed by atoms with Crippen LogP contribution in [0.5, 0.6) is 11.6 Å². The highest BCUT2D eigenvalue weighted by Gasteiger charge is 2.06. The van der Waals surface area contributed by atoms with Crippen molar-refractivity contribution in [1.29, 1.82) is 0 Å². The topological polar surface area (TPSA) is 61.0 Å². The average molecular weight is 295 g/mol. The molecule has 4 nitrogen and oxygen atoms in total. The van der Waals surface area contributed by atoms with Crippen LogP contribution >= 0.6 is 0 Å². The van der Waals surface area contributed by atoms with Gasteiger partial charge in [-0.3, -0.25) is 4.98 Å². The Morgan fingerprint density at radius 1 is 1.00 bits per heavy atom. The number of anilines is 1. The van der Waals surface area contributed by atoms with Crippen LogP contribution in [-0.4, -0.2) is 9.97 Å². The summed E-state index contributed by atoms with van der Waals surface area (Å²) in [4.78, 5) is 8.55. The van der Waals surface area contributed by atoms with Crippen molar-refractivity contribution in [2.75, 3.05) is 5.73 Å². The Morgan fingerprint density at radius 2 is 1.77 bits per heavy atom. The normalized spacial score (nSPS) is 10.5. The number of aryl methyl sites for hydroxylation is 1. The van der Waals surface area contributed by atoms with E-state index >= 15 is 0 Å². The minimum atomic E-state index is -0.273. The Balaban J connectivity index is 1.82. The Kier molecular flexibility index (Phi) is 3.70. The first-order valence-corrected chi connectivity index (χ1v) is 6.75. The molecule has 3 aromatic rings. The predicted molar refractivity (Wildman–Crippen MR) is 83.1 cm³/mol. The minimum absolute atomic E-state index is 0.273. The number of pyridine rings is 2. The zero-order valence-electron chi connectivity index (χ0n) is 12.0. The number of nitrogens with zero attached hydrogens (tertiary/aromatic N) is 2. The molecule has 0 unspecified atom stereocenters. The largest absolute Gasteiger partial charge is 0.435 e. The number of halogens is 1. The van der Waals surface area contributed by atoms with E-state index in [1.807, 2.05) is 13.0 Å². The van der Waals surface area contributed by atoms with Crippen LogP contribution in [0, 0.1) is 12.7 Å². The molecule has 22 heavy (non-hydrogen) atoms. The summed E-state index contributed by atoms with van der Waals surface area (Å²) in [7, 11) is 0. The number of hydrogen-bond donors (Lipinski definition) is 1. The number of nitrogen functional groups attached to an aromatic ring is 1. The van der Waals surface area contributed by atoms with Crippen LogP contribution in [0.4, 0.5) is 10.1 Å². The molecule has 0 bridgehead atoms. The molecule has 2 N–H and O–H groups in total. The van der Waals surface area contributed by atoms with Crippen molar-refractivity contribution >= 4 is 5.69 Å². The van der Waals surface area contributed by atoms with Gasteiger partial charge in [-0.05, 0) is 55.5 Å². The number of benzene rings is 1. The van der Waals surface area contributed by atoms with E-state index in [1.165, 1.54) is 12.1 Å². The fourth-order valence-electron chi connectivity index (χ4n) is 1.97. The molecule has 0 saturated carbocycles. The molecule has 0 saturated heterocycles. The van der Waals surface area contributed by atoms with Crippen LogP contribution in [0.1, 0.15) is 5.69 Å². The van der Waals surface area contributed by atoms with Gasteiger partial charge in [-0.1, -0.05) is 0 Å². The molecule has 0 atom stereocenters. The molecule has 110 valence electrons. The van der Waals surface area contributed by atoms with Gasteiger partial charge in [-0.25, -0.2) is 9.37 Å². The molecule has 0 amide bonds. The fourth-order valence-corrected chi connectivity index (χ4v) is 1.97. The van der Waals surface area contributed by atoms with E-state index in [0.717, 1.165) is 17.0 Å². The van der Waals surface area contributed by atoms with Crippen molar-refractivity contribution in [2.45, 2.75) is 6.92 Å². The predicted octanol–water partition coefficient (Wildman–Crippen LogP) is 3.97. The van der Waals surface area contributed by atoms with Crippen LogP contribution < -0.4 is 10.5 Å². The van der Waals surface area contributed by atoms with Gasteiger partial charge in [0.25, 0.3) is 0 Å². The van der Waals surface area contributed by atoms with Crippen LogP contribution in [-0.2, 0) is 0 Å². The van der Waals surface area contributed by atoms with Crippen LogP contribution in [0.3, 0.4) is 0 Å². The average Bonchev–Trinajstić information content (AvgIpc) is 2.53. The summed E-state index contributed by atoms with van der Waals surface area (Å²) in [6.07, 6.45) is 1.59. The Morgan fingerprint density at radius 3 is 2.45 bits per heavy atom. The molecule has 0 spiro atoms. The van der Waals surface area contributed by atoms with Crippen molar-refractivity contribution in [3.8, 4) is 22.9 Å². The summed E-state index contributed by atoms with van der Waals surface area (Å²) in [5.41, 5.74) is 8.68. The summed E-state index contributed by atoms with van der Waals surface area (Å²) in [5, 5.41) is 0. The summed E-state index contributed by atoms with van der Waals surface area (Å²) in [6.45, 7) is 1.86. The second-order valence-electron chi connectivity index (χ2n) is 4.84. The number of hydrogen-bond acceptors (Lipinski definition) is 4. The quantitative estimate of drug-likeness (QED) is 0.794. The molecule has 2 heterocycles. The maximum absolute atomic E-state index is 12.9. The molecule has 0 radical (unpaired) electrons. The van der Waals surface area contributed by atoms with Crippen molar-refractivity contribution in [1.82, 2.24) is 9.97 Å². The van der Waals surface area contributed by atoms with E-state index in [0.29, 0.717) is 17.3 Å². The molecule has 3 rings (SSSR count). The lowest BCUT2D eigenvalue weighted by atomic mass is 10.1. The van der Waals surface area contributed by atoms with Gasteiger partial charge in [-0.15, -0.1) is 0 Å². The van der Waals surface area contributed by atoms with Crippen molar-refractivity contribution in [3.63, 3.8) is 0 Å². The second kappa shape index (κ2) is 5.81. The van der Waals surface area contributed by atoms with Crippen molar-refractivity contribution < 1.29 is 9.13 Å². The number of ether oxygens (including phenoxy) is 1. The molecule has 0 aliphatic carbocycles. The standard InChI is InChI=1S/C17H14FN3O/c1-11-2-8-15(19)17(21-11)22-14-7-9-16(20-10-14)12-3-5-13(18)6-4-12/h2-10H,19H2,1H3. The van der Waals surface area contributed by atoms with Crippen LogP contribution in [0.15, 0.2) is 54.7 Å². The third-order valence-corrected chi connectivity index (χ3v) is 3.12. The first-order chi connectivity index (χ1) is 10.6. The van der Waals surface area contributed by atoms with E-state index in [9.17, 15) is 4.39 Å². The smallest absolute Gasteiger partial charge is 0.242 e. The minimum Gasteiger partial charge on any atom is -0.435 e. The van der Waals surface area contributed by atoms with Crippen molar-refractivity contribution in [3.05, 3.63) is 66.2 Å². The van der Waals surface area contributed by atoms with E-state index in [1.54, 1.807) is 36.5 Å². The van der Waals surface area contributed by atoms with Gasteiger partial charge in [-0.2, -0.15) is 0 Å². The maximum atomic E-state index is 12.9. The molecule has 0 aliphatic heterocycles. The Hall–Kier alpha value is -2.95. The van der Waals surface area contributed by atoms with Gasteiger partial charge in [0.05, 0.1) is 17.6 Å². The lowest BCUT2D eigenvalue weighted by molar-refractivity contribution is 0.462. The first kappa shape index (κ1) is 14.0. The fraction of sp³-hybridized carbons (Fsp3) is 0.0588. The number of aromatic nitrogens is 2. The van der Waals surface area contributed by atoms with Crippen molar-refractivity contribution in [2.24, 2.45) is 0 Å². The monoisotopic (exact) mass is 295 g/mol. The summed E-state index contributed by atoms with van der Waals surface area (Å²) in [6, 6.07) is 13.3. The summed E-state index contributed by atoms with van der Waals surface area (Å²) in [5.74, 6) is 0.622. The van der Waals surface area contributed by atoms with Gasteiger partial charge in [0.1, 0.15) is 11.6 Å². The number of rotatable bonds is 3. The summed E-state index contributed by atoms with van der Waals surface area (Å²) >= 11 is 0. The highest BCUT2D eigenvalue weighted by Crippen LogP contribution is 2.26. The lowest BCUT2D eigenvalue weighted by Crippen LogP contribution is -1.96. The molecule has 0 aliphatic rings. The Labute approximate surface area is 127 Å². The van der Waals surface area contributed by atoms with Gasteiger partial charge < -0.3 is 10.5 Å².